The second-order valence-electron chi connectivity index (χ2n) is 16.7. The van der Waals surface area contributed by atoms with E-state index >= 15 is 0 Å². The summed E-state index contributed by atoms with van der Waals surface area (Å²) in [6.45, 7) is 13.9. The average Bonchev–Trinajstić information content (AvgIpc) is 3.05. The van der Waals surface area contributed by atoms with E-state index < -0.39 is 8.32 Å². The van der Waals surface area contributed by atoms with Crippen LogP contribution in [0.2, 0.25) is 18.1 Å². The van der Waals surface area contributed by atoms with Crippen LogP contribution in [0.1, 0.15) is 227 Å². The Morgan fingerprint density at radius 3 is 1.17 bits per heavy atom. The molecule has 0 bridgehead atoms. The van der Waals surface area contributed by atoms with Crippen LogP contribution >= 0.6 is 15.9 Å². The second kappa shape index (κ2) is 33.0. The van der Waals surface area contributed by atoms with Crippen LogP contribution in [0.3, 0.4) is 0 Å². The van der Waals surface area contributed by atoms with E-state index in [2.05, 4.69) is 56.7 Å². The summed E-state index contributed by atoms with van der Waals surface area (Å²) >= 11 is 3.54. The molecule has 0 saturated heterocycles. The molecule has 0 aromatic carbocycles. The van der Waals surface area contributed by atoms with Gasteiger partial charge in [-0.2, -0.15) is 0 Å². The van der Waals surface area contributed by atoms with Crippen molar-refractivity contribution in [1.29, 1.82) is 0 Å². The summed E-state index contributed by atoms with van der Waals surface area (Å²) in [4.78, 5) is 13.1. The van der Waals surface area contributed by atoms with E-state index in [1.165, 1.54) is 173 Å². The fourth-order valence-electron chi connectivity index (χ4n) is 6.80. The maximum atomic E-state index is 13.1. The Morgan fingerprint density at radius 1 is 0.542 bits per heavy atom. The molecule has 0 fully saturated rings. The van der Waals surface area contributed by atoms with Gasteiger partial charge in [0.05, 0.1) is 19.1 Å². The van der Waals surface area contributed by atoms with Crippen LogP contribution in [0.4, 0.5) is 0 Å². The third-order valence-corrected chi connectivity index (χ3v) is 16.3. The molecule has 0 rings (SSSR count). The van der Waals surface area contributed by atoms with Crippen LogP contribution < -0.4 is 0 Å². The van der Waals surface area contributed by atoms with Gasteiger partial charge < -0.3 is 9.16 Å². The Kier molecular flexibility index (Phi) is 33.1. The molecule has 0 radical (unpaired) electrons. The third-order valence-electron chi connectivity index (χ3n) is 11.2. The molecule has 288 valence electrons. The van der Waals surface area contributed by atoms with Crippen LogP contribution in [-0.4, -0.2) is 32.8 Å². The second-order valence-corrected chi connectivity index (χ2v) is 22.3. The first-order valence-electron chi connectivity index (χ1n) is 21.4. The van der Waals surface area contributed by atoms with Crippen LogP contribution in [0, 0.1) is 5.92 Å². The van der Waals surface area contributed by atoms with E-state index in [-0.39, 0.29) is 23.0 Å². The van der Waals surface area contributed by atoms with Crippen molar-refractivity contribution in [3.8, 4) is 0 Å². The first kappa shape index (κ1) is 48.1. The first-order chi connectivity index (χ1) is 23.1. The van der Waals surface area contributed by atoms with Crippen molar-refractivity contribution in [2.75, 3.05) is 12.4 Å². The van der Waals surface area contributed by atoms with E-state index in [1.807, 2.05) is 0 Å². The molecule has 0 unspecified atom stereocenters. The molecule has 0 aliphatic rings. The van der Waals surface area contributed by atoms with Crippen molar-refractivity contribution < 1.29 is 14.0 Å². The molecule has 2 atom stereocenters. The van der Waals surface area contributed by atoms with Gasteiger partial charge in [-0.05, 0) is 37.4 Å². The molecule has 48 heavy (non-hydrogen) atoms. The van der Waals surface area contributed by atoms with Crippen LogP contribution in [-0.2, 0) is 14.0 Å². The van der Waals surface area contributed by atoms with Gasteiger partial charge >= 0.3 is 5.97 Å². The molecule has 0 amide bonds. The zero-order valence-electron chi connectivity index (χ0n) is 33.9. The summed E-state index contributed by atoms with van der Waals surface area (Å²) < 4.78 is 12.3. The first-order valence-corrected chi connectivity index (χ1v) is 25.4. The SMILES string of the molecule is CCCCCCCCCCCCCCCCCCCCCCCC[C@@H](C(=O)OC)[C@@H](CCCCCCCCCBr)O[Si](C)(C)C(C)(C)C. The molecule has 0 aliphatic carbocycles. The Balaban J connectivity index is 4.17. The smallest absolute Gasteiger partial charge is 0.311 e. The molecule has 0 aromatic rings. The molecular formula is C43H87BrO3Si. The lowest BCUT2D eigenvalue weighted by molar-refractivity contribution is -0.149. The minimum Gasteiger partial charge on any atom is -0.469 e. The number of carbonyl (C=O) groups excluding carboxylic acids is 1. The summed E-state index contributed by atoms with van der Waals surface area (Å²) in [5, 5.41) is 1.25. The van der Waals surface area contributed by atoms with Crippen molar-refractivity contribution in [3.63, 3.8) is 0 Å². The van der Waals surface area contributed by atoms with Gasteiger partial charge in [0.25, 0.3) is 0 Å². The topological polar surface area (TPSA) is 35.5 Å². The number of hydrogen-bond acceptors (Lipinski definition) is 3. The monoisotopic (exact) mass is 759 g/mol. The molecule has 0 aliphatic heterocycles. The number of carbonyl (C=O) groups is 1. The predicted molar refractivity (Wildman–Crippen MR) is 220 cm³/mol. The summed E-state index contributed by atoms with van der Waals surface area (Å²) in [5.74, 6) is -0.190. The summed E-state index contributed by atoms with van der Waals surface area (Å²) in [7, 11) is -0.430. The molecular weight excluding hydrogens is 672 g/mol. The highest BCUT2D eigenvalue weighted by Gasteiger charge is 2.42. The van der Waals surface area contributed by atoms with Crippen molar-refractivity contribution in [3.05, 3.63) is 0 Å². The summed E-state index contributed by atoms with van der Waals surface area (Å²) in [5.41, 5.74) is 0. The van der Waals surface area contributed by atoms with Gasteiger partial charge in [0.1, 0.15) is 0 Å². The molecule has 0 N–H and O–H groups in total. The maximum Gasteiger partial charge on any atom is 0.311 e. The van der Waals surface area contributed by atoms with E-state index in [0.29, 0.717) is 0 Å². The standard InChI is InChI=1S/C43H87BrO3Si/c1-8-9-10-11-12-13-14-15-16-17-18-19-20-21-22-23-24-25-26-28-31-34-37-40(42(45)46-5)41(47-48(6,7)43(2,3)4)38-35-32-29-27-30-33-36-39-44/h40-41H,8-39H2,1-7H3/t40-,41-/m1/s1. The normalized spacial score (nSPS) is 13.6. The highest BCUT2D eigenvalue weighted by molar-refractivity contribution is 9.09. The summed E-state index contributed by atoms with van der Waals surface area (Å²) in [6.07, 6.45) is 41.6. The van der Waals surface area contributed by atoms with Crippen molar-refractivity contribution in [1.82, 2.24) is 0 Å². The number of ether oxygens (including phenoxy) is 1. The Bertz CT molecular complexity index is 692. The number of hydrogen-bond donors (Lipinski definition) is 0. The van der Waals surface area contributed by atoms with Crippen molar-refractivity contribution in [2.24, 2.45) is 5.92 Å². The number of rotatable bonds is 36. The third kappa shape index (κ3) is 27.8. The molecule has 3 nitrogen and oxygen atoms in total. The molecule has 0 aromatic heterocycles. The van der Waals surface area contributed by atoms with Gasteiger partial charge in [-0.3, -0.25) is 4.79 Å². The molecule has 0 heterocycles. The summed E-state index contributed by atoms with van der Waals surface area (Å²) in [6, 6.07) is 0. The minimum absolute atomic E-state index is 0.0124. The van der Waals surface area contributed by atoms with E-state index in [9.17, 15) is 4.79 Å². The highest BCUT2D eigenvalue weighted by Crippen LogP contribution is 2.39. The highest BCUT2D eigenvalue weighted by atomic mass is 79.9. The van der Waals surface area contributed by atoms with Crippen molar-refractivity contribution >= 4 is 30.2 Å². The lowest BCUT2D eigenvalue weighted by Gasteiger charge is -2.41. The number of esters is 1. The van der Waals surface area contributed by atoms with E-state index in [0.717, 1.165) is 31.0 Å². The van der Waals surface area contributed by atoms with Crippen LogP contribution in [0.5, 0.6) is 0 Å². The lowest BCUT2D eigenvalue weighted by atomic mass is 9.91. The Labute approximate surface area is 312 Å². The maximum absolute atomic E-state index is 13.1. The van der Waals surface area contributed by atoms with Gasteiger partial charge in [-0.25, -0.2) is 0 Å². The predicted octanol–water partition coefficient (Wildman–Crippen LogP) is 15.7. The van der Waals surface area contributed by atoms with Gasteiger partial charge in [-0.1, -0.05) is 223 Å². The quantitative estimate of drug-likeness (QED) is 0.0276. The Hall–Kier alpha value is 0.127. The van der Waals surface area contributed by atoms with Gasteiger partial charge in [0, 0.05) is 5.33 Å². The number of methoxy groups -OCH3 is 1. The van der Waals surface area contributed by atoms with Gasteiger partial charge in [0.15, 0.2) is 8.32 Å². The molecule has 0 spiro atoms. The zero-order valence-corrected chi connectivity index (χ0v) is 36.5. The van der Waals surface area contributed by atoms with Crippen LogP contribution in [0.25, 0.3) is 0 Å². The fraction of sp³-hybridized carbons (Fsp3) is 0.977. The van der Waals surface area contributed by atoms with E-state index in [4.69, 9.17) is 9.16 Å². The molecule has 0 saturated carbocycles. The molecule has 5 heteroatoms. The van der Waals surface area contributed by atoms with Crippen LogP contribution in [0.15, 0.2) is 0 Å². The van der Waals surface area contributed by atoms with E-state index in [1.54, 1.807) is 7.11 Å². The fourth-order valence-corrected chi connectivity index (χ4v) is 8.59. The minimum atomic E-state index is -1.99. The zero-order chi connectivity index (χ0) is 35.8. The average molecular weight is 760 g/mol. The largest absolute Gasteiger partial charge is 0.469 e. The van der Waals surface area contributed by atoms with Gasteiger partial charge in [-0.15, -0.1) is 0 Å². The number of halogens is 1. The number of alkyl halides is 1. The van der Waals surface area contributed by atoms with Crippen molar-refractivity contribution in [2.45, 2.75) is 251 Å². The Morgan fingerprint density at radius 2 is 0.854 bits per heavy atom. The lowest BCUT2D eigenvalue weighted by Crippen LogP contribution is -2.47. The van der Waals surface area contributed by atoms with Gasteiger partial charge in [0.2, 0.25) is 0 Å². The number of unbranched alkanes of at least 4 members (excludes halogenated alkanes) is 27.